The standard InChI is InChI=1S/C18H22N4O2/c1-11-5-7-23-8-6-12(2)24-13-3-4-15-14(9-13)18(22-19-15)17-10-16(11)20-21-17/h3-4,9-12,16H,5-8H2,1-2H3,(H,19,22)/t11-,12+,16?/m0/s1. The van der Waals surface area contributed by atoms with Crippen LogP contribution in [-0.4, -0.2) is 35.6 Å². The molecule has 0 fully saturated rings. The molecule has 2 aliphatic heterocycles. The number of azo groups is 1. The van der Waals surface area contributed by atoms with Gasteiger partial charge in [-0.05, 0) is 43.5 Å². The topological polar surface area (TPSA) is 71.9 Å². The second kappa shape index (κ2) is 6.36. The Hall–Kier alpha value is -2.21. The molecule has 4 rings (SSSR count). The first-order valence-corrected chi connectivity index (χ1v) is 8.56. The van der Waals surface area contributed by atoms with E-state index in [4.69, 9.17) is 9.47 Å². The van der Waals surface area contributed by atoms with E-state index >= 15 is 0 Å². The average molecular weight is 326 g/mol. The minimum Gasteiger partial charge on any atom is -0.491 e. The van der Waals surface area contributed by atoms with Crippen LogP contribution in [0.15, 0.2) is 34.5 Å². The molecule has 2 aliphatic rings. The van der Waals surface area contributed by atoms with Crippen LogP contribution in [0.4, 0.5) is 0 Å². The number of benzene rings is 1. The van der Waals surface area contributed by atoms with Gasteiger partial charge in [0.05, 0.1) is 24.3 Å². The van der Waals surface area contributed by atoms with Crippen LogP contribution in [0.3, 0.4) is 0 Å². The van der Waals surface area contributed by atoms with Gasteiger partial charge in [0.1, 0.15) is 17.1 Å². The van der Waals surface area contributed by atoms with Gasteiger partial charge in [0, 0.05) is 18.4 Å². The van der Waals surface area contributed by atoms with E-state index in [0.29, 0.717) is 12.5 Å². The summed E-state index contributed by atoms with van der Waals surface area (Å²) in [4.78, 5) is 0. The first-order valence-electron chi connectivity index (χ1n) is 8.56. The van der Waals surface area contributed by atoms with Gasteiger partial charge in [0.15, 0.2) is 0 Å². The summed E-state index contributed by atoms with van der Waals surface area (Å²) in [5.74, 6) is 1.23. The lowest BCUT2D eigenvalue weighted by atomic mass is 9.98. The van der Waals surface area contributed by atoms with Crippen LogP contribution in [0.1, 0.15) is 32.4 Å². The van der Waals surface area contributed by atoms with Crippen molar-refractivity contribution < 1.29 is 9.47 Å². The van der Waals surface area contributed by atoms with E-state index in [-0.39, 0.29) is 12.1 Å². The molecular weight excluding hydrogens is 304 g/mol. The Balaban J connectivity index is 1.74. The maximum absolute atomic E-state index is 6.03. The largest absolute Gasteiger partial charge is 0.491 e. The van der Waals surface area contributed by atoms with Gasteiger partial charge in [-0.1, -0.05) is 6.92 Å². The van der Waals surface area contributed by atoms with Crippen molar-refractivity contribution in [2.24, 2.45) is 16.1 Å². The molecule has 3 atom stereocenters. The maximum atomic E-state index is 6.03. The number of nitrogens with one attached hydrogen (secondary N) is 1. The molecular formula is C18H22N4O2. The predicted octanol–water partition coefficient (Wildman–Crippen LogP) is 3.95. The highest BCUT2D eigenvalue weighted by Crippen LogP contribution is 2.32. The smallest absolute Gasteiger partial charge is 0.120 e. The van der Waals surface area contributed by atoms with E-state index in [1.807, 2.05) is 18.2 Å². The van der Waals surface area contributed by atoms with Crippen LogP contribution in [0.2, 0.25) is 0 Å². The molecule has 6 heteroatoms. The third-order valence-electron chi connectivity index (χ3n) is 4.71. The summed E-state index contributed by atoms with van der Waals surface area (Å²) in [6.07, 6.45) is 4.05. The van der Waals surface area contributed by atoms with Gasteiger partial charge in [0.25, 0.3) is 0 Å². The number of nitrogens with zero attached hydrogens (tertiary/aromatic N) is 3. The number of hydrogen-bond donors (Lipinski definition) is 1. The zero-order chi connectivity index (χ0) is 16.5. The normalized spacial score (nSPS) is 27.6. The summed E-state index contributed by atoms with van der Waals surface area (Å²) in [5, 5.41) is 17.3. The third kappa shape index (κ3) is 2.94. The van der Waals surface area contributed by atoms with E-state index in [1.54, 1.807) is 0 Å². The Labute approximate surface area is 140 Å². The number of H-pyrrole nitrogens is 1. The molecule has 0 saturated carbocycles. The third-order valence-corrected chi connectivity index (χ3v) is 4.71. The number of fused-ring (bicyclic) bond motifs is 3. The van der Waals surface area contributed by atoms with Gasteiger partial charge >= 0.3 is 0 Å². The first kappa shape index (κ1) is 15.3. The Kier molecular flexibility index (Phi) is 4.06. The maximum Gasteiger partial charge on any atom is 0.120 e. The molecule has 1 aromatic heterocycles. The monoisotopic (exact) mass is 326 g/mol. The van der Waals surface area contributed by atoms with Crippen molar-refractivity contribution >= 4 is 16.6 Å². The van der Waals surface area contributed by atoms with E-state index in [9.17, 15) is 0 Å². The number of aromatic nitrogens is 2. The fraction of sp³-hybridized carbons (Fsp3) is 0.500. The highest BCUT2D eigenvalue weighted by molar-refractivity contribution is 5.91. The van der Waals surface area contributed by atoms with E-state index in [1.165, 1.54) is 0 Å². The summed E-state index contributed by atoms with van der Waals surface area (Å²) in [6, 6.07) is 6.08. The molecule has 2 aromatic rings. The lowest BCUT2D eigenvalue weighted by Gasteiger charge is -2.16. The number of ether oxygens (including phenoxy) is 2. The van der Waals surface area contributed by atoms with Crippen molar-refractivity contribution in [2.75, 3.05) is 13.2 Å². The van der Waals surface area contributed by atoms with E-state index in [0.717, 1.165) is 47.5 Å². The molecule has 0 aliphatic carbocycles. The molecule has 1 aromatic carbocycles. The highest BCUT2D eigenvalue weighted by atomic mass is 16.5. The second-order valence-corrected chi connectivity index (χ2v) is 6.63. The zero-order valence-corrected chi connectivity index (χ0v) is 14.0. The van der Waals surface area contributed by atoms with Gasteiger partial charge in [-0.25, -0.2) is 0 Å². The Morgan fingerprint density at radius 2 is 2.04 bits per heavy atom. The summed E-state index contributed by atoms with van der Waals surface area (Å²) in [7, 11) is 0. The number of aromatic amines is 1. The van der Waals surface area contributed by atoms with Crippen molar-refractivity contribution in [1.29, 1.82) is 0 Å². The van der Waals surface area contributed by atoms with Gasteiger partial charge in [0.2, 0.25) is 0 Å². The molecule has 24 heavy (non-hydrogen) atoms. The molecule has 0 spiro atoms. The fourth-order valence-corrected chi connectivity index (χ4v) is 3.11. The minimum absolute atomic E-state index is 0.0961. The minimum atomic E-state index is 0.0961. The lowest BCUT2D eigenvalue weighted by molar-refractivity contribution is 0.0892. The molecule has 6 nitrogen and oxygen atoms in total. The van der Waals surface area contributed by atoms with Crippen molar-refractivity contribution in [3.8, 4) is 5.75 Å². The van der Waals surface area contributed by atoms with Gasteiger partial charge in [-0.3, -0.25) is 5.10 Å². The molecule has 0 saturated heterocycles. The van der Waals surface area contributed by atoms with Crippen molar-refractivity contribution in [1.82, 2.24) is 10.2 Å². The number of hydrogen-bond acceptors (Lipinski definition) is 5. The van der Waals surface area contributed by atoms with Gasteiger partial charge in [-0.15, -0.1) is 0 Å². The lowest BCUT2D eigenvalue weighted by Crippen LogP contribution is -2.17. The van der Waals surface area contributed by atoms with Crippen LogP contribution in [-0.2, 0) is 4.74 Å². The van der Waals surface area contributed by atoms with Gasteiger partial charge < -0.3 is 9.47 Å². The molecule has 4 bridgehead atoms. The van der Waals surface area contributed by atoms with Crippen LogP contribution in [0, 0.1) is 5.92 Å². The van der Waals surface area contributed by atoms with Crippen molar-refractivity contribution in [3.63, 3.8) is 0 Å². The quantitative estimate of drug-likeness (QED) is 0.796. The van der Waals surface area contributed by atoms with E-state index in [2.05, 4.69) is 40.3 Å². The number of rotatable bonds is 0. The first-order chi connectivity index (χ1) is 11.7. The summed E-state index contributed by atoms with van der Waals surface area (Å²) in [5.41, 5.74) is 2.65. The second-order valence-electron chi connectivity index (χ2n) is 6.63. The molecule has 0 radical (unpaired) electrons. The van der Waals surface area contributed by atoms with E-state index < -0.39 is 0 Å². The summed E-state index contributed by atoms with van der Waals surface area (Å²) in [6.45, 7) is 5.71. The SMILES string of the molecule is C[C@@H]1CCOCC[C@H](C)C2C=C(N=N2)c2n[nH]c3ccc(cc23)O1. The Morgan fingerprint density at radius 3 is 2.96 bits per heavy atom. The molecule has 3 heterocycles. The molecule has 1 N–H and O–H groups in total. The molecule has 1 unspecified atom stereocenters. The highest BCUT2D eigenvalue weighted by Gasteiger charge is 2.23. The van der Waals surface area contributed by atoms with Crippen molar-refractivity contribution in [2.45, 2.75) is 38.8 Å². The summed E-state index contributed by atoms with van der Waals surface area (Å²) >= 11 is 0. The molecule has 0 amide bonds. The van der Waals surface area contributed by atoms with Crippen LogP contribution in [0.5, 0.6) is 5.75 Å². The average Bonchev–Trinajstić information content (AvgIpc) is 3.19. The Morgan fingerprint density at radius 1 is 1.17 bits per heavy atom. The molecule has 126 valence electrons. The van der Waals surface area contributed by atoms with Crippen LogP contribution >= 0.6 is 0 Å². The predicted molar refractivity (Wildman–Crippen MR) is 92.0 cm³/mol. The van der Waals surface area contributed by atoms with Crippen LogP contribution < -0.4 is 4.74 Å². The van der Waals surface area contributed by atoms with Gasteiger partial charge in [-0.2, -0.15) is 15.3 Å². The Bertz CT molecular complexity index is 795. The summed E-state index contributed by atoms with van der Waals surface area (Å²) < 4.78 is 11.8. The fourth-order valence-electron chi connectivity index (χ4n) is 3.11. The zero-order valence-electron chi connectivity index (χ0n) is 14.0. The van der Waals surface area contributed by atoms with Crippen molar-refractivity contribution in [3.05, 3.63) is 30.0 Å². The van der Waals surface area contributed by atoms with Crippen LogP contribution in [0.25, 0.3) is 16.6 Å².